The van der Waals surface area contributed by atoms with Crippen LogP contribution >= 0.6 is 15.9 Å². The largest absolute Gasteiger partial charge is 0.478 e. The molecule has 90 valence electrons. The van der Waals surface area contributed by atoms with E-state index in [1.54, 1.807) is 0 Å². The Kier molecular flexibility index (Phi) is 5.37. The van der Waals surface area contributed by atoms with E-state index in [1.807, 2.05) is 13.8 Å². The van der Waals surface area contributed by atoms with E-state index in [9.17, 15) is 13.6 Å². The molecule has 1 aromatic carbocycles. The number of hydrogen-bond donors (Lipinski definition) is 2. The molecule has 0 spiro atoms. The Morgan fingerprint density at radius 3 is 2.12 bits per heavy atom. The molecular formula is C10H12BrF2NO2. The SMILES string of the molecule is CC.Cc1c(F)c(C(=O)O)c(N)c(F)c1Br. The summed E-state index contributed by atoms with van der Waals surface area (Å²) >= 11 is 2.78. The lowest BCUT2D eigenvalue weighted by molar-refractivity contribution is 0.0692. The minimum atomic E-state index is -1.59. The Labute approximate surface area is 100 Å². The molecular weight excluding hydrogens is 284 g/mol. The topological polar surface area (TPSA) is 63.3 Å². The lowest BCUT2D eigenvalue weighted by Crippen LogP contribution is -2.10. The summed E-state index contributed by atoms with van der Waals surface area (Å²) in [6.07, 6.45) is 0. The number of nitrogen functional groups attached to an aromatic ring is 1. The lowest BCUT2D eigenvalue weighted by Gasteiger charge is -2.08. The van der Waals surface area contributed by atoms with Crippen LogP contribution in [0.4, 0.5) is 14.5 Å². The number of hydrogen-bond acceptors (Lipinski definition) is 2. The number of halogens is 3. The highest BCUT2D eigenvalue weighted by Gasteiger charge is 2.23. The van der Waals surface area contributed by atoms with Crippen molar-refractivity contribution in [3.8, 4) is 0 Å². The van der Waals surface area contributed by atoms with Crippen molar-refractivity contribution < 1.29 is 18.7 Å². The minimum Gasteiger partial charge on any atom is -0.478 e. The fraction of sp³-hybridized carbons (Fsp3) is 0.300. The van der Waals surface area contributed by atoms with Gasteiger partial charge in [0.1, 0.15) is 11.4 Å². The Balaban J connectivity index is 0.00000106. The Hall–Kier alpha value is -1.17. The Morgan fingerprint density at radius 2 is 1.75 bits per heavy atom. The molecule has 0 bridgehead atoms. The first kappa shape index (κ1) is 14.8. The number of aromatic carboxylic acids is 1. The van der Waals surface area contributed by atoms with Gasteiger partial charge in [0.2, 0.25) is 0 Å². The van der Waals surface area contributed by atoms with E-state index < -0.39 is 28.9 Å². The van der Waals surface area contributed by atoms with E-state index in [4.69, 9.17) is 10.8 Å². The van der Waals surface area contributed by atoms with E-state index in [0.29, 0.717) is 0 Å². The first-order valence-corrected chi connectivity index (χ1v) is 5.33. The zero-order valence-corrected chi connectivity index (χ0v) is 10.7. The first-order valence-electron chi connectivity index (χ1n) is 4.53. The second-order valence-corrected chi connectivity index (χ2v) is 3.45. The van der Waals surface area contributed by atoms with Crippen LogP contribution in [-0.4, -0.2) is 11.1 Å². The molecule has 0 aliphatic carbocycles. The Morgan fingerprint density at radius 1 is 1.31 bits per heavy atom. The van der Waals surface area contributed by atoms with Crippen molar-refractivity contribution in [1.82, 2.24) is 0 Å². The van der Waals surface area contributed by atoms with Crippen molar-refractivity contribution in [2.45, 2.75) is 20.8 Å². The highest BCUT2D eigenvalue weighted by molar-refractivity contribution is 9.10. The molecule has 16 heavy (non-hydrogen) atoms. The average molecular weight is 296 g/mol. The van der Waals surface area contributed by atoms with E-state index in [1.165, 1.54) is 6.92 Å². The smallest absolute Gasteiger partial charge is 0.340 e. The van der Waals surface area contributed by atoms with Crippen molar-refractivity contribution >= 4 is 27.6 Å². The highest BCUT2D eigenvalue weighted by atomic mass is 79.9. The van der Waals surface area contributed by atoms with Crippen LogP contribution in [0, 0.1) is 18.6 Å². The van der Waals surface area contributed by atoms with Gasteiger partial charge in [-0.15, -0.1) is 0 Å². The molecule has 6 heteroatoms. The predicted molar refractivity (Wildman–Crippen MR) is 61.5 cm³/mol. The van der Waals surface area contributed by atoms with Gasteiger partial charge in [-0.3, -0.25) is 0 Å². The third-order valence-corrected chi connectivity index (χ3v) is 2.73. The highest BCUT2D eigenvalue weighted by Crippen LogP contribution is 2.31. The summed E-state index contributed by atoms with van der Waals surface area (Å²) in [6.45, 7) is 5.26. The van der Waals surface area contributed by atoms with Gasteiger partial charge < -0.3 is 10.8 Å². The van der Waals surface area contributed by atoms with Crippen LogP contribution in [0.1, 0.15) is 29.8 Å². The van der Waals surface area contributed by atoms with Gasteiger partial charge in [-0.25, -0.2) is 13.6 Å². The number of benzene rings is 1. The van der Waals surface area contributed by atoms with Crippen molar-refractivity contribution in [2.24, 2.45) is 0 Å². The summed E-state index contributed by atoms with van der Waals surface area (Å²) in [5.74, 6) is -3.57. The average Bonchev–Trinajstić information content (AvgIpc) is 2.26. The number of carbonyl (C=O) groups is 1. The molecule has 0 saturated carbocycles. The lowest BCUT2D eigenvalue weighted by atomic mass is 10.1. The quantitative estimate of drug-likeness (QED) is 0.617. The molecule has 0 aliphatic rings. The molecule has 0 aromatic heterocycles. The molecule has 0 fully saturated rings. The fourth-order valence-corrected chi connectivity index (χ4v) is 1.39. The van der Waals surface area contributed by atoms with E-state index >= 15 is 0 Å². The monoisotopic (exact) mass is 295 g/mol. The molecule has 0 unspecified atom stereocenters. The molecule has 0 atom stereocenters. The first-order chi connectivity index (χ1) is 7.37. The van der Waals surface area contributed by atoms with Gasteiger partial charge in [-0.2, -0.15) is 0 Å². The molecule has 3 nitrogen and oxygen atoms in total. The van der Waals surface area contributed by atoms with Crippen molar-refractivity contribution in [3.05, 3.63) is 27.2 Å². The molecule has 0 aliphatic heterocycles. The van der Waals surface area contributed by atoms with Crippen molar-refractivity contribution in [1.29, 1.82) is 0 Å². The minimum absolute atomic E-state index is 0.117. The maximum absolute atomic E-state index is 13.3. The van der Waals surface area contributed by atoms with Gasteiger partial charge in [-0.05, 0) is 22.9 Å². The van der Waals surface area contributed by atoms with Gasteiger partial charge in [0.05, 0.1) is 10.2 Å². The van der Waals surface area contributed by atoms with Crippen LogP contribution < -0.4 is 5.73 Å². The molecule has 3 N–H and O–H groups in total. The third-order valence-electron chi connectivity index (χ3n) is 1.79. The molecule has 1 aromatic rings. The van der Waals surface area contributed by atoms with Crippen LogP contribution in [-0.2, 0) is 0 Å². The van der Waals surface area contributed by atoms with Crippen molar-refractivity contribution in [3.63, 3.8) is 0 Å². The summed E-state index contributed by atoms with van der Waals surface area (Å²) in [5.41, 5.74) is 3.48. The van der Waals surface area contributed by atoms with Gasteiger partial charge in [0.25, 0.3) is 0 Å². The van der Waals surface area contributed by atoms with Crippen LogP contribution in [0.5, 0.6) is 0 Å². The fourth-order valence-electron chi connectivity index (χ4n) is 1.00. The normalized spacial score (nSPS) is 9.38. The third kappa shape index (κ3) is 2.49. The van der Waals surface area contributed by atoms with Gasteiger partial charge in [0, 0.05) is 5.56 Å². The second kappa shape index (κ2) is 5.79. The number of rotatable bonds is 1. The molecule has 0 radical (unpaired) electrons. The second-order valence-electron chi connectivity index (χ2n) is 2.66. The summed E-state index contributed by atoms with van der Waals surface area (Å²) < 4.78 is 26.3. The van der Waals surface area contributed by atoms with Gasteiger partial charge in [-0.1, -0.05) is 13.8 Å². The van der Waals surface area contributed by atoms with Gasteiger partial charge >= 0.3 is 5.97 Å². The van der Waals surface area contributed by atoms with E-state index in [0.717, 1.165) is 0 Å². The molecule has 0 saturated heterocycles. The van der Waals surface area contributed by atoms with Crippen LogP contribution in [0.15, 0.2) is 4.47 Å². The number of carboxylic acid groups (broad SMARTS) is 1. The molecule has 0 heterocycles. The molecule has 0 amide bonds. The van der Waals surface area contributed by atoms with Crippen molar-refractivity contribution in [2.75, 3.05) is 5.73 Å². The van der Waals surface area contributed by atoms with Gasteiger partial charge in [0.15, 0.2) is 5.82 Å². The van der Waals surface area contributed by atoms with E-state index in [-0.39, 0.29) is 10.0 Å². The predicted octanol–water partition coefficient (Wildman–Crippen LogP) is 3.34. The zero-order chi connectivity index (χ0) is 13.0. The maximum atomic E-state index is 13.3. The van der Waals surface area contributed by atoms with Crippen LogP contribution in [0.25, 0.3) is 0 Å². The number of anilines is 1. The number of nitrogens with two attached hydrogens (primary N) is 1. The standard InChI is InChI=1S/C8H6BrF2NO2.C2H6/c1-2-4(9)6(11)7(12)3(5(2)10)8(13)14;1-2/h12H2,1H3,(H,13,14);1-2H3. The van der Waals surface area contributed by atoms with E-state index in [2.05, 4.69) is 15.9 Å². The summed E-state index contributed by atoms with van der Waals surface area (Å²) in [5, 5.41) is 8.58. The zero-order valence-electron chi connectivity index (χ0n) is 9.07. The van der Waals surface area contributed by atoms with Crippen LogP contribution in [0.3, 0.4) is 0 Å². The summed E-state index contributed by atoms with van der Waals surface area (Å²) in [4.78, 5) is 10.6. The maximum Gasteiger partial charge on any atom is 0.340 e. The molecule has 1 rings (SSSR count). The summed E-state index contributed by atoms with van der Waals surface area (Å²) in [6, 6.07) is 0. The number of carboxylic acids is 1. The Bertz CT molecular complexity index is 393. The van der Waals surface area contributed by atoms with Crippen LogP contribution in [0.2, 0.25) is 0 Å². The summed E-state index contributed by atoms with van der Waals surface area (Å²) in [7, 11) is 0.